The van der Waals surface area contributed by atoms with Crippen LogP contribution in [0.3, 0.4) is 0 Å². The molecule has 29 heavy (non-hydrogen) atoms. The molecule has 2 aromatic carbocycles. The number of fused-ring (bicyclic) bond motifs is 3. The van der Waals surface area contributed by atoms with E-state index in [1.807, 2.05) is 6.07 Å². The maximum absolute atomic E-state index is 11.8. The predicted octanol–water partition coefficient (Wildman–Crippen LogP) is 3.23. The third-order valence-corrected chi connectivity index (χ3v) is 5.68. The maximum Gasteiger partial charge on any atom is 0.219 e. The summed E-state index contributed by atoms with van der Waals surface area (Å²) in [7, 11) is 1.60. The third kappa shape index (κ3) is 4.18. The third-order valence-electron chi connectivity index (χ3n) is 5.68. The van der Waals surface area contributed by atoms with Gasteiger partial charge >= 0.3 is 0 Å². The molecule has 1 unspecified atom stereocenters. The van der Waals surface area contributed by atoms with E-state index in [2.05, 4.69) is 34.5 Å². The van der Waals surface area contributed by atoms with Gasteiger partial charge in [-0.15, -0.1) is 0 Å². The average molecular weight is 394 g/mol. The molecule has 0 aliphatic carbocycles. The Bertz CT molecular complexity index is 1020. The van der Waals surface area contributed by atoms with Crippen LogP contribution in [0, 0.1) is 0 Å². The Balaban J connectivity index is 1.66. The van der Waals surface area contributed by atoms with E-state index in [0.29, 0.717) is 12.8 Å². The van der Waals surface area contributed by atoms with E-state index in [4.69, 9.17) is 9.15 Å². The Labute approximate surface area is 169 Å². The first-order chi connectivity index (χ1) is 14.2. The molecule has 0 spiro atoms. The topological polar surface area (TPSA) is 71.8 Å². The predicted molar refractivity (Wildman–Crippen MR) is 112 cm³/mol. The zero-order chi connectivity index (χ0) is 20.2. The van der Waals surface area contributed by atoms with Crippen molar-refractivity contribution in [2.45, 2.75) is 25.3 Å². The second-order valence-electron chi connectivity index (χ2n) is 7.53. The Kier molecular flexibility index (Phi) is 5.92. The second kappa shape index (κ2) is 8.76. The first-order valence-corrected chi connectivity index (χ1v) is 10.1. The van der Waals surface area contributed by atoms with Gasteiger partial charge in [0.2, 0.25) is 5.91 Å². The minimum absolute atomic E-state index is 0.0673. The normalized spacial score (nSPS) is 16.2. The summed E-state index contributed by atoms with van der Waals surface area (Å²) < 4.78 is 11.2. The van der Waals surface area contributed by atoms with Gasteiger partial charge in [0.05, 0.1) is 19.5 Å². The van der Waals surface area contributed by atoms with Crippen LogP contribution in [0.15, 0.2) is 41.0 Å². The fourth-order valence-corrected chi connectivity index (χ4v) is 4.04. The van der Waals surface area contributed by atoms with Crippen molar-refractivity contribution in [1.29, 1.82) is 0 Å². The van der Waals surface area contributed by atoms with Crippen LogP contribution in [-0.4, -0.2) is 50.4 Å². The van der Waals surface area contributed by atoms with Crippen LogP contribution in [0.5, 0.6) is 0 Å². The molecule has 2 heterocycles. The molecular formula is C23H26N2O4. The molecule has 152 valence electrons. The van der Waals surface area contributed by atoms with Crippen molar-refractivity contribution in [2.24, 2.45) is 0 Å². The molecule has 1 amide bonds. The number of ether oxygens (including phenoxy) is 1. The van der Waals surface area contributed by atoms with Gasteiger partial charge in [-0.2, -0.15) is 0 Å². The zero-order valence-corrected chi connectivity index (χ0v) is 16.6. The number of furan rings is 1. The standard InChI is InChI=1S/C23H26N2O4/c1-24-22(27)7-4-18(14-26)20-15-29-21-6-3-17-12-16(2-5-19(17)23(20)21)13-25-8-10-28-11-9-25/h2-3,5-6,12,14-15,18H,4,7-11,13H2,1H3,(H,24,27). The highest BCUT2D eigenvalue weighted by Gasteiger charge is 2.20. The molecule has 0 saturated carbocycles. The summed E-state index contributed by atoms with van der Waals surface area (Å²) in [6.07, 6.45) is 3.35. The van der Waals surface area contributed by atoms with Crippen molar-refractivity contribution in [3.05, 3.63) is 47.7 Å². The summed E-state index contributed by atoms with van der Waals surface area (Å²) in [5.74, 6) is -0.436. The van der Waals surface area contributed by atoms with E-state index in [0.717, 1.165) is 66.4 Å². The van der Waals surface area contributed by atoms with Crippen LogP contribution in [0.2, 0.25) is 0 Å². The van der Waals surface area contributed by atoms with Crippen LogP contribution in [0.1, 0.15) is 29.9 Å². The maximum atomic E-state index is 11.8. The SMILES string of the molecule is CNC(=O)CCC(C=O)c1coc2ccc3cc(CN4CCOCC4)ccc3c12. The molecule has 1 fully saturated rings. The molecule has 3 aromatic rings. The molecule has 4 rings (SSSR count). The van der Waals surface area contributed by atoms with Crippen molar-refractivity contribution in [3.63, 3.8) is 0 Å². The average Bonchev–Trinajstić information content (AvgIpc) is 3.19. The number of carbonyl (C=O) groups is 2. The van der Waals surface area contributed by atoms with Crippen LogP contribution in [0.25, 0.3) is 21.7 Å². The number of aldehydes is 1. The lowest BCUT2D eigenvalue weighted by Gasteiger charge is -2.26. The number of amides is 1. The summed E-state index contributed by atoms with van der Waals surface area (Å²) in [4.78, 5) is 25.8. The minimum atomic E-state index is -0.368. The lowest BCUT2D eigenvalue weighted by atomic mass is 9.92. The van der Waals surface area contributed by atoms with Gasteiger partial charge in [0.1, 0.15) is 11.9 Å². The van der Waals surface area contributed by atoms with E-state index >= 15 is 0 Å². The van der Waals surface area contributed by atoms with Gasteiger partial charge in [-0.25, -0.2) is 0 Å². The van der Waals surface area contributed by atoms with E-state index in [-0.39, 0.29) is 11.8 Å². The highest BCUT2D eigenvalue weighted by Crippen LogP contribution is 2.35. The molecule has 0 radical (unpaired) electrons. The fraction of sp³-hybridized carbons (Fsp3) is 0.391. The minimum Gasteiger partial charge on any atom is -0.464 e. The summed E-state index contributed by atoms with van der Waals surface area (Å²) in [6.45, 7) is 4.38. The van der Waals surface area contributed by atoms with Gasteiger partial charge in [0.15, 0.2) is 0 Å². The zero-order valence-electron chi connectivity index (χ0n) is 16.6. The number of carbonyl (C=O) groups excluding carboxylic acids is 2. The van der Waals surface area contributed by atoms with Crippen LogP contribution >= 0.6 is 0 Å². The molecule has 6 heteroatoms. The summed E-state index contributed by atoms with van der Waals surface area (Å²) >= 11 is 0. The number of hydrogen-bond acceptors (Lipinski definition) is 5. The van der Waals surface area contributed by atoms with Gasteiger partial charge in [0.25, 0.3) is 0 Å². The monoisotopic (exact) mass is 394 g/mol. The van der Waals surface area contributed by atoms with E-state index < -0.39 is 0 Å². The number of nitrogens with zero attached hydrogens (tertiary/aromatic N) is 1. The lowest BCUT2D eigenvalue weighted by molar-refractivity contribution is -0.120. The van der Waals surface area contributed by atoms with Gasteiger partial charge in [-0.05, 0) is 34.9 Å². The molecule has 1 aliphatic rings. The lowest BCUT2D eigenvalue weighted by Crippen LogP contribution is -2.35. The molecule has 0 bridgehead atoms. The van der Waals surface area contributed by atoms with Crippen molar-refractivity contribution in [2.75, 3.05) is 33.4 Å². The highest BCUT2D eigenvalue weighted by molar-refractivity contribution is 6.08. The molecule has 1 atom stereocenters. The Morgan fingerprint density at radius 2 is 2.07 bits per heavy atom. The van der Waals surface area contributed by atoms with Crippen molar-refractivity contribution in [1.82, 2.24) is 10.2 Å². The number of rotatable bonds is 7. The number of nitrogens with one attached hydrogen (secondary N) is 1. The Hall–Kier alpha value is -2.70. The fourth-order valence-electron chi connectivity index (χ4n) is 4.04. The molecular weight excluding hydrogens is 368 g/mol. The molecule has 1 N–H and O–H groups in total. The summed E-state index contributed by atoms with van der Waals surface area (Å²) in [6, 6.07) is 10.5. The first kappa shape index (κ1) is 19.6. The van der Waals surface area contributed by atoms with E-state index in [1.165, 1.54) is 5.56 Å². The largest absolute Gasteiger partial charge is 0.464 e. The van der Waals surface area contributed by atoms with Gasteiger partial charge < -0.3 is 19.3 Å². The number of morpholine rings is 1. The molecule has 1 aromatic heterocycles. The van der Waals surface area contributed by atoms with Crippen molar-refractivity contribution < 1.29 is 18.7 Å². The van der Waals surface area contributed by atoms with E-state index in [1.54, 1.807) is 13.3 Å². The number of benzene rings is 2. The molecule has 1 saturated heterocycles. The summed E-state index contributed by atoms with van der Waals surface area (Å²) in [5.41, 5.74) is 2.88. The van der Waals surface area contributed by atoms with E-state index in [9.17, 15) is 9.59 Å². The Morgan fingerprint density at radius 3 is 2.83 bits per heavy atom. The summed E-state index contributed by atoms with van der Waals surface area (Å²) in [5, 5.41) is 5.77. The second-order valence-corrected chi connectivity index (χ2v) is 7.53. The van der Waals surface area contributed by atoms with Gasteiger partial charge in [0, 0.05) is 50.0 Å². The van der Waals surface area contributed by atoms with Gasteiger partial charge in [-0.3, -0.25) is 9.69 Å². The first-order valence-electron chi connectivity index (χ1n) is 10.1. The van der Waals surface area contributed by atoms with Crippen molar-refractivity contribution >= 4 is 33.9 Å². The smallest absolute Gasteiger partial charge is 0.219 e. The quantitative estimate of drug-likeness (QED) is 0.623. The number of hydrogen-bond donors (Lipinski definition) is 1. The van der Waals surface area contributed by atoms with Crippen molar-refractivity contribution in [3.8, 4) is 0 Å². The molecule has 6 nitrogen and oxygen atoms in total. The Morgan fingerprint density at radius 1 is 1.24 bits per heavy atom. The van der Waals surface area contributed by atoms with Crippen LogP contribution < -0.4 is 5.32 Å². The molecule has 1 aliphatic heterocycles. The van der Waals surface area contributed by atoms with Crippen LogP contribution in [-0.2, 0) is 20.9 Å². The highest BCUT2D eigenvalue weighted by atomic mass is 16.5. The van der Waals surface area contributed by atoms with Crippen LogP contribution in [0.4, 0.5) is 0 Å². The van der Waals surface area contributed by atoms with Gasteiger partial charge in [-0.1, -0.05) is 18.2 Å².